The Morgan fingerprint density at radius 2 is 2.25 bits per heavy atom. The highest BCUT2D eigenvalue weighted by atomic mass is 79.9. The summed E-state index contributed by atoms with van der Waals surface area (Å²) in [4.78, 5) is 1.27. The van der Waals surface area contributed by atoms with Gasteiger partial charge >= 0.3 is 0 Å². The molecule has 0 spiro atoms. The fourth-order valence-corrected chi connectivity index (χ4v) is 2.12. The van der Waals surface area contributed by atoms with Gasteiger partial charge in [-0.3, -0.25) is 0 Å². The van der Waals surface area contributed by atoms with Gasteiger partial charge in [-0.25, -0.2) is 0 Å². The fraction of sp³-hybridized carbons (Fsp3) is 0.333. The molecule has 1 aromatic rings. The first-order valence-electron chi connectivity index (χ1n) is 3.62. The number of rotatable bonds is 3. The maximum Gasteiger partial charge on any atom is 0.0963 e. The quantitative estimate of drug-likeness (QED) is 0.597. The number of halogens is 1. The molecule has 0 unspecified atom stereocenters. The first-order chi connectivity index (χ1) is 5.74. The minimum atomic E-state index is 0.706. The zero-order valence-electron chi connectivity index (χ0n) is 7.13. The van der Waals surface area contributed by atoms with Crippen LogP contribution in [0.1, 0.15) is 5.56 Å². The molecule has 0 bridgehead atoms. The predicted molar refractivity (Wildman–Crippen MR) is 56.6 cm³/mol. The second kappa shape index (κ2) is 4.90. The Labute approximate surface area is 85.6 Å². The topological polar surface area (TPSA) is 9.23 Å². The Kier molecular flexibility index (Phi) is 4.12. The minimum absolute atomic E-state index is 0.706. The summed E-state index contributed by atoms with van der Waals surface area (Å²) in [5.74, 6) is 0.706. The summed E-state index contributed by atoms with van der Waals surface area (Å²) in [6, 6.07) is 6.26. The highest BCUT2D eigenvalue weighted by molar-refractivity contribution is 9.10. The van der Waals surface area contributed by atoms with E-state index >= 15 is 0 Å². The average molecular weight is 247 g/mol. The third-order valence-corrected chi connectivity index (χ3v) is 3.08. The number of hydrogen-bond donors (Lipinski definition) is 0. The van der Waals surface area contributed by atoms with Crippen molar-refractivity contribution >= 4 is 27.7 Å². The summed E-state index contributed by atoms with van der Waals surface area (Å²) in [6.07, 6.45) is 0. The van der Waals surface area contributed by atoms with Crippen LogP contribution in [0.4, 0.5) is 0 Å². The molecule has 0 saturated carbocycles. The SMILES string of the molecule is COCSc1cc(Br)ccc1C. The van der Waals surface area contributed by atoms with E-state index in [0.29, 0.717) is 5.94 Å². The molecule has 0 aliphatic heterocycles. The van der Waals surface area contributed by atoms with Gasteiger partial charge in [-0.05, 0) is 24.6 Å². The van der Waals surface area contributed by atoms with Gasteiger partial charge in [0.05, 0.1) is 5.94 Å². The number of thioether (sulfide) groups is 1. The molecular formula is C9H11BrOS. The van der Waals surface area contributed by atoms with Crippen molar-refractivity contribution < 1.29 is 4.74 Å². The third-order valence-electron chi connectivity index (χ3n) is 1.48. The number of hydrogen-bond acceptors (Lipinski definition) is 2. The molecule has 0 atom stereocenters. The summed E-state index contributed by atoms with van der Waals surface area (Å²) in [5, 5.41) is 0. The summed E-state index contributed by atoms with van der Waals surface area (Å²) in [5.41, 5.74) is 1.29. The highest BCUT2D eigenvalue weighted by Crippen LogP contribution is 2.25. The Morgan fingerprint density at radius 1 is 1.50 bits per heavy atom. The van der Waals surface area contributed by atoms with Gasteiger partial charge in [0.25, 0.3) is 0 Å². The van der Waals surface area contributed by atoms with Crippen LogP contribution in [-0.4, -0.2) is 13.0 Å². The van der Waals surface area contributed by atoms with E-state index in [1.807, 2.05) is 6.07 Å². The van der Waals surface area contributed by atoms with Gasteiger partial charge in [-0.1, -0.05) is 33.8 Å². The molecule has 0 aliphatic carbocycles. The molecule has 0 N–H and O–H groups in total. The van der Waals surface area contributed by atoms with Gasteiger partial charge in [0.2, 0.25) is 0 Å². The lowest BCUT2D eigenvalue weighted by molar-refractivity contribution is 0.259. The van der Waals surface area contributed by atoms with E-state index in [-0.39, 0.29) is 0 Å². The van der Waals surface area contributed by atoms with Gasteiger partial charge in [0.1, 0.15) is 0 Å². The molecule has 0 radical (unpaired) electrons. The van der Waals surface area contributed by atoms with Crippen molar-refractivity contribution in [1.29, 1.82) is 0 Å². The van der Waals surface area contributed by atoms with Crippen LogP contribution in [0.5, 0.6) is 0 Å². The number of benzene rings is 1. The zero-order valence-corrected chi connectivity index (χ0v) is 9.54. The van der Waals surface area contributed by atoms with Crippen LogP contribution in [0.15, 0.2) is 27.6 Å². The Morgan fingerprint density at radius 3 is 2.92 bits per heavy atom. The van der Waals surface area contributed by atoms with Crippen molar-refractivity contribution in [2.45, 2.75) is 11.8 Å². The number of ether oxygens (including phenoxy) is 1. The first kappa shape index (κ1) is 10.1. The van der Waals surface area contributed by atoms with Crippen molar-refractivity contribution in [3.63, 3.8) is 0 Å². The second-order valence-electron chi connectivity index (χ2n) is 2.46. The van der Waals surface area contributed by atoms with Gasteiger partial charge in [0.15, 0.2) is 0 Å². The molecule has 1 aromatic carbocycles. The molecule has 12 heavy (non-hydrogen) atoms. The van der Waals surface area contributed by atoms with Crippen LogP contribution in [0, 0.1) is 6.92 Å². The molecule has 0 aromatic heterocycles. The molecule has 0 heterocycles. The van der Waals surface area contributed by atoms with Crippen molar-refractivity contribution in [2.75, 3.05) is 13.0 Å². The van der Waals surface area contributed by atoms with E-state index in [1.54, 1.807) is 18.9 Å². The third kappa shape index (κ3) is 2.81. The maximum absolute atomic E-state index is 4.99. The molecule has 1 nitrogen and oxygen atoms in total. The lowest BCUT2D eigenvalue weighted by Gasteiger charge is -2.04. The van der Waals surface area contributed by atoms with E-state index < -0.39 is 0 Å². The Hall–Kier alpha value is 0.01000. The summed E-state index contributed by atoms with van der Waals surface area (Å²) in [7, 11) is 1.71. The maximum atomic E-state index is 4.99. The second-order valence-corrected chi connectivity index (χ2v) is 4.34. The van der Waals surface area contributed by atoms with Crippen LogP contribution in [0.3, 0.4) is 0 Å². The Balaban J connectivity index is 2.75. The van der Waals surface area contributed by atoms with Crippen molar-refractivity contribution in [3.8, 4) is 0 Å². The standard InChI is InChI=1S/C9H11BrOS/c1-7-3-4-8(10)5-9(7)12-6-11-2/h3-5H,6H2,1-2H3. The van der Waals surface area contributed by atoms with E-state index in [2.05, 4.69) is 35.0 Å². The summed E-state index contributed by atoms with van der Waals surface area (Å²) < 4.78 is 6.11. The van der Waals surface area contributed by atoms with Crippen LogP contribution in [0.25, 0.3) is 0 Å². The lowest BCUT2D eigenvalue weighted by atomic mass is 10.2. The van der Waals surface area contributed by atoms with Crippen molar-refractivity contribution in [1.82, 2.24) is 0 Å². The molecule has 3 heteroatoms. The van der Waals surface area contributed by atoms with Crippen LogP contribution in [0.2, 0.25) is 0 Å². The van der Waals surface area contributed by atoms with E-state index in [9.17, 15) is 0 Å². The number of methoxy groups -OCH3 is 1. The molecule has 0 aliphatic rings. The fourth-order valence-electron chi connectivity index (χ4n) is 0.852. The molecule has 0 amide bonds. The molecular weight excluding hydrogens is 236 g/mol. The Bertz CT molecular complexity index is 263. The smallest absolute Gasteiger partial charge is 0.0963 e. The van der Waals surface area contributed by atoms with Gasteiger partial charge in [-0.2, -0.15) is 0 Å². The van der Waals surface area contributed by atoms with Crippen LogP contribution >= 0.6 is 27.7 Å². The van der Waals surface area contributed by atoms with Gasteiger partial charge in [-0.15, -0.1) is 0 Å². The van der Waals surface area contributed by atoms with E-state index in [0.717, 1.165) is 4.47 Å². The van der Waals surface area contributed by atoms with Gasteiger partial charge in [0, 0.05) is 16.5 Å². The average Bonchev–Trinajstić information content (AvgIpc) is 2.07. The molecule has 0 fully saturated rings. The van der Waals surface area contributed by atoms with Crippen molar-refractivity contribution in [3.05, 3.63) is 28.2 Å². The molecule has 0 saturated heterocycles. The normalized spacial score (nSPS) is 10.2. The largest absolute Gasteiger partial charge is 0.374 e. The predicted octanol–water partition coefficient (Wildman–Crippen LogP) is 3.45. The van der Waals surface area contributed by atoms with Gasteiger partial charge < -0.3 is 4.74 Å². The monoisotopic (exact) mass is 246 g/mol. The first-order valence-corrected chi connectivity index (χ1v) is 5.40. The molecule has 66 valence electrons. The lowest BCUT2D eigenvalue weighted by Crippen LogP contribution is -1.84. The van der Waals surface area contributed by atoms with E-state index in [1.165, 1.54) is 10.5 Å². The summed E-state index contributed by atoms with van der Waals surface area (Å²) >= 11 is 5.14. The zero-order chi connectivity index (χ0) is 8.97. The minimum Gasteiger partial charge on any atom is -0.374 e. The van der Waals surface area contributed by atoms with E-state index in [4.69, 9.17) is 4.74 Å². The van der Waals surface area contributed by atoms with Crippen LogP contribution in [-0.2, 0) is 4.74 Å². The number of aryl methyl sites for hydroxylation is 1. The van der Waals surface area contributed by atoms with Crippen LogP contribution < -0.4 is 0 Å². The summed E-state index contributed by atoms with van der Waals surface area (Å²) in [6.45, 7) is 2.10. The van der Waals surface area contributed by atoms with Crippen molar-refractivity contribution in [2.24, 2.45) is 0 Å². The highest BCUT2D eigenvalue weighted by Gasteiger charge is 1.98. The molecule has 1 rings (SSSR count).